The third-order valence-electron chi connectivity index (χ3n) is 4.36. The number of fused-ring (bicyclic) bond motifs is 1. The van der Waals surface area contributed by atoms with Crippen molar-refractivity contribution in [2.75, 3.05) is 18.6 Å². The van der Waals surface area contributed by atoms with Gasteiger partial charge in [0, 0.05) is 18.8 Å². The Bertz CT molecular complexity index is 1030. The van der Waals surface area contributed by atoms with Gasteiger partial charge in [-0.2, -0.15) is 4.98 Å². The Hall–Kier alpha value is -3.75. The van der Waals surface area contributed by atoms with Crippen LogP contribution < -0.4 is 15.0 Å². The summed E-state index contributed by atoms with van der Waals surface area (Å²) in [5.41, 5.74) is 1.52. The van der Waals surface area contributed by atoms with Gasteiger partial charge < -0.3 is 19.5 Å². The first kappa shape index (κ1) is 17.7. The molecule has 1 aromatic carbocycles. The maximum Gasteiger partial charge on any atom is 0.264 e. The van der Waals surface area contributed by atoms with Crippen LogP contribution in [0.3, 0.4) is 0 Å². The van der Waals surface area contributed by atoms with Crippen molar-refractivity contribution in [1.82, 2.24) is 20.4 Å². The Morgan fingerprint density at radius 2 is 2.14 bits per heavy atom. The molecular formula is C19H17N5O4. The van der Waals surface area contributed by atoms with E-state index in [4.69, 9.17) is 9.26 Å². The molecule has 0 saturated heterocycles. The van der Waals surface area contributed by atoms with Gasteiger partial charge in [0.1, 0.15) is 17.5 Å². The average Bonchev–Trinajstić information content (AvgIpc) is 3.22. The van der Waals surface area contributed by atoms with Crippen LogP contribution >= 0.6 is 0 Å². The van der Waals surface area contributed by atoms with Gasteiger partial charge in [-0.15, -0.1) is 0 Å². The molecule has 3 heterocycles. The fourth-order valence-corrected chi connectivity index (χ4v) is 2.77. The third-order valence-corrected chi connectivity index (χ3v) is 4.36. The van der Waals surface area contributed by atoms with Gasteiger partial charge in [-0.25, -0.2) is 0 Å². The SMILES string of the molecule is C[C@@H](NC(=O)c1ccc2c(c1)N(C)C(=O)CO2)c1nc(-c2ccccn2)no1. The second-order valence-corrected chi connectivity index (χ2v) is 6.29. The number of hydrogen-bond donors (Lipinski definition) is 1. The van der Waals surface area contributed by atoms with Crippen molar-refractivity contribution >= 4 is 17.5 Å². The van der Waals surface area contributed by atoms with E-state index in [2.05, 4.69) is 20.4 Å². The van der Waals surface area contributed by atoms with Crippen LogP contribution in [0.4, 0.5) is 5.69 Å². The molecule has 3 aromatic rings. The third kappa shape index (κ3) is 3.29. The quantitative estimate of drug-likeness (QED) is 0.738. The van der Waals surface area contributed by atoms with Crippen molar-refractivity contribution in [2.45, 2.75) is 13.0 Å². The van der Waals surface area contributed by atoms with E-state index in [0.717, 1.165) is 0 Å². The van der Waals surface area contributed by atoms with Crippen LogP contribution in [0, 0.1) is 0 Å². The summed E-state index contributed by atoms with van der Waals surface area (Å²) < 4.78 is 10.6. The molecule has 9 heteroatoms. The summed E-state index contributed by atoms with van der Waals surface area (Å²) in [6.07, 6.45) is 1.64. The number of aromatic nitrogens is 3. The zero-order valence-electron chi connectivity index (χ0n) is 15.2. The first-order valence-corrected chi connectivity index (χ1v) is 8.62. The second-order valence-electron chi connectivity index (χ2n) is 6.29. The molecule has 2 amide bonds. The number of likely N-dealkylation sites (N-methyl/N-ethyl adjacent to an activating group) is 1. The molecule has 0 bridgehead atoms. The van der Waals surface area contributed by atoms with E-state index < -0.39 is 6.04 Å². The Morgan fingerprint density at radius 3 is 2.93 bits per heavy atom. The van der Waals surface area contributed by atoms with E-state index in [1.54, 1.807) is 50.5 Å². The maximum atomic E-state index is 12.6. The molecule has 0 saturated carbocycles. The number of carbonyl (C=O) groups excluding carboxylic acids is 2. The Kier molecular flexibility index (Phi) is 4.48. The first-order chi connectivity index (χ1) is 13.5. The number of hydrogen-bond acceptors (Lipinski definition) is 7. The summed E-state index contributed by atoms with van der Waals surface area (Å²) in [6, 6.07) is 9.80. The van der Waals surface area contributed by atoms with Crippen molar-refractivity contribution < 1.29 is 18.8 Å². The van der Waals surface area contributed by atoms with E-state index in [9.17, 15) is 9.59 Å². The molecule has 0 unspecified atom stereocenters. The van der Waals surface area contributed by atoms with E-state index in [1.807, 2.05) is 6.07 Å². The predicted octanol–water partition coefficient (Wildman–Crippen LogP) is 1.98. The van der Waals surface area contributed by atoms with Crippen molar-refractivity contribution in [3.63, 3.8) is 0 Å². The molecule has 1 aliphatic rings. The van der Waals surface area contributed by atoms with Crippen LogP contribution in [0.2, 0.25) is 0 Å². The van der Waals surface area contributed by atoms with Crippen LogP contribution in [0.1, 0.15) is 29.2 Å². The summed E-state index contributed by atoms with van der Waals surface area (Å²) in [6.45, 7) is 1.73. The van der Waals surface area contributed by atoms with Gasteiger partial charge in [0.05, 0.1) is 5.69 Å². The number of nitrogens with zero attached hydrogens (tertiary/aromatic N) is 4. The standard InChI is InChI=1S/C19H17N5O4/c1-11(19-22-17(23-28-19)13-5-3-4-8-20-13)21-18(26)12-6-7-15-14(9-12)24(2)16(25)10-27-15/h3-9,11H,10H2,1-2H3,(H,21,26)/t11-/m1/s1. The molecule has 2 aromatic heterocycles. The number of carbonyl (C=O) groups is 2. The van der Waals surface area contributed by atoms with Crippen LogP contribution in [-0.2, 0) is 4.79 Å². The summed E-state index contributed by atoms with van der Waals surface area (Å²) >= 11 is 0. The molecule has 9 nitrogen and oxygen atoms in total. The average molecular weight is 379 g/mol. The Balaban J connectivity index is 1.50. The molecule has 0 spiro atoms. The normalized spacial score (nSPS) is 14.2. The highest BCUT2D eigenvalue weighted by Gasteiger charge is 2.24. The van der Waals surface area contributed by atoms with Crippen LogP contribution in [0.5, 0.6) is 5.75 Å². The largest absolute Gasteiger partial charge is 0.482 e. The lowest BCUT2D eigenvalue weighted by atomic mass is 10.1. The minimum atomic E-state index is -0.510. The van der Waals surface area contributed by atoms with Gasteiger partial charge in [0.15, 0.2) is 6.61 Å². The predicted molar refractivity (Wildman–Crippen MR) is 98.8 cm³/mol. The number of ether oxygens (including phenoxy) is 1. The van der Waals surface area contributed by atoms with Crippen LogP contribution in [-0.4, -0.2) is 40.6 Å². The van der Waals surface area contributed by atoms with Gasteiger partial charge in [-0.3, -0.25) is 14.6 Å². The maximum absolute atomic E-state index is 12.6. The van der Waals surface area contributed by atoms with E-state index in [-0.39, 0.29) is 24.3 Å². The Morgan fingerprint density at radius 1 is 1.29 bits per heavy atom. The number of anilines is 1. The van der Waals surface area contributed by atoms with E-state index >= 15 is 0 Å². The summed E-state index contributed by atoms with van der Waals surface area (Å²) in [5.74, 6) is 0.666. The molecule has 1 N–H and O–H groups in total. The van der Waals surface area contributed by atoms with E-state index in [0.29, 0.717) is 28.5 Å². The lowest BCUT2D eigenvalue weighted by molar-refractivity contribution is -0.120. The topological polar surface area (TPSA) is 110 Å². The highest BCUT2D eigenvalue weighted by Crippen LogP contribution is 2.32. The van der Waals surface area contributed by atoms with Crippen molar-refractivity contribution in [1.29, 1.82) is 0 Å². The highest BCUT2D eigenvalue weighted by atomic mass is 16.5. The molecule has 1 aliphatic heterocycles. The Labute approximate surface area is 160 Å². The summed E-state index contributed by atoms with van der Waals surface area (Å²) in [7, 11) is 1.64. The van der Waals surface area contributed by atoms with Crippen molar-refractivity contribution in [2.24, 2.45) is 0 Å². The fourth-order valence-electron chi connectivity index (χ4n) is 2.77. The number of rotatable bonds is 4. The minimum absolute atomic E-state index is 0.0121. The molecule has 0 aliphatic carbocycles. The lowest BCUT2D eigenvalue weighted by Crippen LogP contribution is -2.35. The van der Waals surface area contributed by atoms with Crippen LogP contribution in [0.15, 0.2) is 47.1 Å². The molecule has 28 heavy (non-hydrogen) atoms. The molecule has 0 radical (unpaired) electrons. The van der Waals surface area contributed by atoms with Gasteiger partial charge in [-0.05, 0) is 37.3 Å². The summed E-state index contributed by atoms with van der Waals surface area (Å²) in [4.78, 5) is 34.3. The number of nitrogens with one attached hydrogen (secondary N) is 1. The van der Waals surface area contributed by atoms with Crippen molar-refractivity contribution in [3.8, 4) is 17.3 Å². The lowest BCUT2D eigenvalue weighted by Gasteiger charge is -2.26. The highest BCUT2D eigenvalue weighted by molar-refractivity contribution is 6.01. The molecule has 1 atom stereocenters. The first-order valence-electron chi connectivity index (χ1n) is 8.62. The van der Waals surface area contributed by atoms with Crippen LogP contribution in [0.25, 0.3) is 11.5 Å². The number of pyridine rings is 1. The van der Waals surface area contributed by atoms with E-state index in [1.165, 1.54) is 4.90 Å². The van der Waals surface area contributed by atoms with Crippen molar-refractivity contribution in [3.05, 3.63) is 54.0 Å². The zero-order valence-corrected chi connectivity index (χ0v) is 15.2. The molecule has 4 rings (SSSR count). The number of benzene rings is 1. The monoisotopic (exact) mass is 379 g/mol. The smallest absolute Gasteiger partial charge is 0.264 e. The summed E-state index contributed by atoms with van der Waals surface area (Å²) in [5, 5.41) is 6.71. The van der Waals surface area contributed by atoms with Gasteiger partial charge >= 0.3 is 0 Å². The zero-order chi connectivity index (χ0) is 19.7. The van der Waals surface area contributed by atoms with Gasteiger partial charge in [0.2, 0.25) is 11.7 Å². The number of amides is 2. The minimum Gasteiger partial charge on any atom is -0.482 e. The fraction of sp³-hybridized carbons (Fsp3) is 0.211. The molecule has 0 fully saturated rings. The molecular weight excluding hydrogens is 362 g/mol. The second kappa shape index (κ2) is 7.10. The van der Waals surface area contributed by atoms with Gasteiger partial charge in [-0.1, -0.05) is 11.2 Å². The van der Waals surface area contributed by atoms with Gasteiger partial charge in [0.25, 0.3) is 11.8 Å². The molecule has 142 valence electrons.